The molecule has 3 rings (SSSR count). The molecule has 0 radical (unpaired) electrons. The number of carbonyl (C=O) groups is 1. The van der Waals surface area contributed by atoms with Gasteiger partial charge in [0.1, 0.15) is 0 Å². The second kappa shape index (κ2) is 5.32. The van der Waals surface area contributed by atoms with Crippen LogP contribution >= 0.6 is 0 Å². The van der Waals surface area contributed by atoms with Crippen molar-refractivity contribution in [2.24, 2.45) is 0 Å². The van der Waals surface area contributed by atoms with Crippen molar-refractivity contribution in [3.05, 3.63) is 47.3 Å². The lowest BCUT2D eigenvalue weighted by atomic mass is 10.1. The molecular formula is C15H15N3O3. The second-order valence-corrected chi connectivity index (χ2v) is 4.78. The summed E-state index contributed by atoms with van der Waals surface area (Å²) >= 11 is 0. The topological polar surface area (TPSA) is 86.5 Å². The number of carbonyl (C=O) groups excluding carboxylic acids is 1. The smallest absolute Gasteiger partial charge is 0.253 e. The number of ether oxygens (including phenoxy) is 2. The van der Waals surface area contributed by atoms with Gasteiger partial charge in [0.25, 0.3) is 5.91 Å². The molecule has 2 aromatic rings. The lowest BCUT2D eigenvalue weighted by molar-refractivity contribution is 0.0951. The Morgan fingerprint density at radius 3 is 2.90 bits per heavy atom. The SMILES string of the molecule is Cc1cnccc1CNC(=O)c1cc2c(cc1N)OCO2. The first-order valence-electron chi connectivity index (χ1n) is 6.52. The minimum Gasteiger partial charge on any atom is -0.454 e. The largest absolute Gasteiger partial charge is 0.454 e. The fourth-order valence-corrected chi connectivity index (χ4v) is 2.13. The number of hydrogen-bond donors (Lipinski definition) is 2. The van der Waals surface area contributed by atoms with Crippen molar-refractivity contribution >= 4 is 11.6 Å². The molecule has 1 amide bonds. The Hall–Kier alpha value is -2.76. The third-order valence-electron chi connectivity index (χ3n) is 3.37. The number of fused-ring (bicyclic) bond motifs is 1. The molecule has 0 fully saturated rings. The van der Waals surface area contributed by atoms with Gasteiger partial charge in [0.2, 0.25) is 6.79 Å². The molecule has 0 saturated heterocycles. The Kier molecular flexibility index (Phi) is 3.35. The van der Waals surface area contributed by atoms with E-state index in [2.05, 4.69) is 10.3 Å². The number of rotatable bonds is 3. The number of amides is 1. The van der Waals surface area contributed by atoms with E-state index < -0.39 is 0 Å². The van der Waals surface area contributed by atoms with Crippen molar-refractivity contribution in [2.75, 3.05) is 12.5 Å². The van der Waals surface area contributed by atoms with Gasteiger partial charge in [-0.3, -0.25) is 9.78 Å². The van der Waals surface area contributed by atoms with Crippen LogP contribution in [0.1, 0.15) is 21.5 Å². The molecule has 21 heavy (non-hydrogen) atoms. The van der Waals surface area contributed by atoms with Crippen molar-refractivity contribution < 1.29 is 14.3 Å². The van der Waals surface area contributed by atoms with Crippen LogP contribution in [0.2, 0.25) is 0 Å². The molecule has 3 N–H and O–H groups in total. The number of nitrogen functional groups attached to an aromatic ring is 1. The van der Waals surface area contributed by atoms with E-state index in [4.69, 9.17) is 15.2 Å². The van der Waals surface area contributed by atoms with Gasteiger partial charge in [0.05, 0.1) is 5.56 Å². The summed E-state index contributed by atoms with van der Waals surface area (Å²) in [6.45, 7) is 2.51. The van der Waals surface area contributed by atoms with Crippen molar-refractivity contribution in [1.29, 1.82) is 0 Å². The number of pyridine rings is 1. The van der Waals surface area contributed by atoms with Crippen LogP contribution in [0.4, 0.5) is 5.69 Å². The summed E-state index contributed by atoms with van der Waals surface area (Å²) in [5.74, 6) is 0.852. The predicted molar refractivity (Wildman–Crippen MR) is 77.1 cm³/mol. The monoisotopic (exact) mass is 285 g/mol. The van der Waals surface area contributed by atoms with Crippen LogP contribution in [0.3, 0.4) is 0 Å². The Morgan fingerprint density at radius 1 is 1.38 bits per heavy atom. The first-order valence-corrected chi connectivity index (χ1v) is 6.52. The zero-order valence-corrected chi connectivity index (χ0v) is 11.6. The van der Waals surface area contributed by atoms with Crippen LogP contribution in [-0.2, 0) is 6.54 Å². The Labute approximate surface area is 121 Å². The lowest BCUT2D eigenvalue weighted by Gasteiger charge is -2.10. The third kappa shape index (κ3) is 2.60. The van der Waals surface area contributed by atoms with E-state index in [0.717, 1.165) is 11.1 Å². The molecule has 2 heterocycles. The average molecular weight is 285 g/mol. The van der Waals surface area contributed by atoms with Gasteiger partial charge in [-0.05, 0) is 30.2 Å². The molecule has 0 atom stereocenters. The van der Waals surface area contributed by atoms with Gasteiger partial charge in [-0.25, -0.2) is 0 Å². The number of aromatic nitrogens is 1. The molecule has 1 aromatic heterocycles. The molecule has 1 aliphatic heterocycles. The summed E-state index contributed by atoms with van der Waals surface area (Å²) in [6, 6.07) is 5.08. The van der Waals surface area contributed by atoms with E-state index in [1.165, 1.54) is 0 Å². The standard InChI is InChI=1S/C15H15N3O3/c1-9-6-17-3-2-10(9)7-18-15(19)11-4-13-14(5-12(11)16)21-8-20-13/h2-6H,7-8,16H2,1H3,(H,18,19). The number of anilines is 1. The predicted octanol–water partition coefficient (Wildman–Crippen LogP) is 1.63. The van der Waals surface area contributed by atoms with Crippen LogP contribution in [0.5, 0.6) is 11.5 Å². The highest BCUT2D eigenvalue weighted by molar-refractivity contribution is 6.00. The summed E-state index contributed by atoms with van der Waals surface area (Å²) in [6.07, 6.45) is 3.46. The first kappa shape index (κ1) is 13.2. The Morgan fingerprint density at radius 2 is 2.14 bits per heavy atom. The molecule has 0 unspecified atom stereocenters. The fraction of sp³-hybridized carbons (Fsp3) is 0.200. The molecule has 0 saturated carbocycles. The number of benzene rings is 1. The van der Waals surface area contributed by atoms with Crippen molar-refractivity contribution in [2.45, 2.75) is 13.5 Å². The molecule has 0 spiro atoms. The molecule has 1 aliphatic rings. The number of hydrogen-bond acceptors (Lipinski definition) is 5. The Balaban J connectivity index is 1.76. The van der Waals surface area contributed by atoms with E-state index in [0.29, 0.717) is 29.3 Å². The highest BCUT2D eigenvalue weighted by atomic mass is 16.7. The normalized spacial score (nSPS) is 12.2. The van der Waals surface area contributed by atoms with E-state index in [9.17, 15) is 4.79 Å². The minimum atomic E-state index is -0.248. The number of nitrogens with zero attached hydrogens (tertiary/aromatic N) is 1. The van der Waals surface area contributed by atoms with Gasteiger partial charge < -0.3 is 20.5 Å². The number of aryl methyl sites for hydroxylation is 1. The van der Waals surface area contributed by atoms with Crippen LogP contribution in [0, 0.1) is 6.92 Å². The van der Waals surface area contributed by atoms with E-state index in [-0.39, 0.29) is 12.7 Å². The molecule has 6 heteroatoms. The summed E-state index contributed by atoms with van der Waals surface area (Å²) in [7, 11) is 0. The highest BCUT2D eigenvalue weighted by Gasteiger charge is 2.19. The molecule has 1 aromatic carbocycles. The van der Waals surface area contributed by atoms with Gasteiger partial charge in [-0.1, -0.05) is 0 Å². The van der Waals surface area contributed by atoms with Crippen molar-refractivity contribution in [1.82, 2.24) is 10.3 Å². The average Bonchev–Trinajstić information content (AvgIpc) is 2.92. The number of nitrogens with two attached hydrogens (primary N) is 1. The lowest BCUT2D eigenvalue weighted by Crippen LogP contribution is -2.24. The fourth-order valence-electron chi connectivity index (χ4n) is 2.13. The summed E-state index contributed by atoms with van der Waals surface area (Å²) in [4.78, 5) is 16.3. The maximum absolute atomic E-state index is 12.2. The van der Waals surface area contributed by atoms with Crippen LogP contribution in [-0.4, -0.2) is 17.7 Å². The summed E-state index contributed by atoms with van der Waals surface area (Å²) < 4.78 is 10.5. The minimum absolute atomic E-state index is 0.149. The van der Waals surface area contributed by atoms with Gasteiger partial charge in [-0.15, -0.1) is 0 Å². The van der Waals surface area contributed by atoms with Gasteiger partial charge in [-0.2, -0.15) is 0 Å². The first-order chi connectivity index (χ1) is 10.1. The van der Waals surface area contributed by atoms with E-state index in [1.54, 1.807) is 24.5 Å². The van der Waals surface area contributed by atoms with Crippen LogP contribution in [0.15, 0.2) is 30.6 Å². The Bertz CT molecular complexity index is 701. The number of nitrogens with one attached hydrogen (secondary N) is 1. The van der Waals surface area contributed by atoms with Crippen molar-refractivity contribution in [3.63, 3.8) is 0 Å². The highest BCUT2D eigenvalue weighted by Crippen LogP contribution is 2.35. The van der Waals surface area contributed by atoms with Crippen molar-refractivity contribution in [3.8, 4) is 11.5 Å². The molecule has 0 aliphatic carbocycles. The van der Waals surface area contributed by atoms with Gasteiger partial charge >= 0.3 is 0 Å². The molecule has 6 nitrogen and oxygen atoms in total. The van der Waals surface area contributed by atoms with E-state index in [1.807, 2.05) is 13.0 Å². The summed E-state index contributed by atoms with van der Waals surface area (Å²) in [5.41, 5.74) is 8.67. The zero-order valence-electron chi connectivity index (χ0n) is 11.6. The summed E-state index contributed by atoms with van der Waals surface area (Å²) in [5, 5.41) is 2.84. The molecule has 0 bridgehead atoms. The zero-order chi connectivity index (χ0) is 14.8. The maximum atomic E-state index is 12.2. The van der Waals surface area contributed by atoms with Crippen LogP contribution in [0.25, 0.3) is 0 Å². The quantitative estimate of drug-likeness (QED) is 0.837. The maximum Gasteiger partial charge on any atom is 0.253 e. The second-order valence-electron chi connectivity index (χ2n) is 4.78. The van der Waals surface area contributed by atoms with Crippen LogP contribution < -0.4 is 20.5 Å². The molecule has 108 valence electrons. The van der Waals surface area contributed by atoms with E-state index >= 15 is 0 Å². The van der Waals surface area contributed by atoms with Gasteiger partial charge in [0.15, 0.2) is 11.5 Å². The third-order valence-corrected chi connectivity index (χ3v) is 3.37. The van der Waals surface area contributed by atoms with Gasteiger partial charge in [0, 0.05) is 30.7 Å². The molecular weight excluding hydrogens is 270 g/mol.